The van der Waals surface area contributed by atoms with Gasteiger partial charge >= 0.3 is 0 Å². The maximum atomic E-state index is 14.8. The molecule has 2 heterocycles. The monoisotopic (exact) mass is 493 g/mol. The lowest BCUT2D eigenvalue weighted by molar-refractivity contribution is 0.198. The molecule has 3 aromatic rings. The summed E-state index contributed by atoms with van der Waals surface area (Å²) in [7, 11) is 0. The van der Waals surface area contributed by atoms with Crippen LogP contribution in [0.1, 0.15) is 40.3 Å². The molecule has 2 atom stereocenters. The standard InChI is InChI=1S/C29H29F2NO2S/c1-19-3-9-25(27(31)15-19)29-17-26(24-10-6-21(33)16-28(24)35-29)20-4-7-22(8-5-20)34-23-11-14-32(18-23)13-2-12-30/h3-10,15-17,23,29,33H,2,11-14,18H2,1H3/t23-,29?/m0/s1. The molecule has 2 aliphatic rings. The van der Waals surface area contributed by atoms with E-state index in [1.165, 1.54) is 0 Å². The molecule has 0 saturated carbocycles. The fourth-order valence-electron chi connectivity index (χ4n) is 4.80. The summed E-state index contributed by atoms with van der Waals surface area (Å²) in [6.45, 7) is 4.14. The van der Waals surface area contributed by atoms with E-state index in [2.05, 4.69) is 11.0 Å². The third-order valence-corrected chi connectivity index (χ3v) is 7.83. The number of thioether (sulfide) groups is 1. The second-order valence-electron chi connectivity index (χ2n) is 9.22. The number of benzene rings is 3. The number of likely N-dealkylation sites (tertiary alicyclic amines) is 1. The van der Waals surface area contributed by atoms with Crippen molar-refractivity contribution < 1.29 is 18.6 Å². The van der Waals surface area contributed by atoms with Crippen LogP contribution < -0.4 is 4.74 Å². The SMILES string of the molecule is Cc1ccc(C2C=C(c3ccc(O[C@H]4CCN(CCCF)C4)cc3)c3ccc(O)cc3S2)c(F)c1. The Balaban J connectivity index is 1.39. The highest BCUT2D eigenvalue weighted by atomic mass is 32.2. The van der Waals surface area contributed by atoms with Crippen molar-refractivity contribution in [1.29, 1.82) is 0 Å². The molecule has 0 aromatic heterocycles. The normalized spacial score (nSPS) is 19.9. The van der Waals surface area contributed by atoms with E-state index in [4.69, 9.17) is 4.74 Å². The minimum atomic E-state index is -0.280. The molecule has 0 radical (unpaired) electrons. The Morgan fingerprint density at radius 2 is 1.91 bits per heavy atom. The van der Waals surface area contributed by atoms with E-state index in [-0.39, 0.29) is 29.6 Å². The highest BCUT2D eigenvalue weighted by Crippen LogP contribution is 2.49. The summed E-state index contributed by atoms with van der Waals surface area (Å²) >= 11 is 1.54. The molecule has 35 heavy (non-hydrogen) atoms. The third-order valence-electron chi connectivity index (χ3n) is 6.60. The highest BCUT2D eigenvalue weighted by molar-refractivity contribution is 7.99. The zero-order valence-electron chi connectivity index (χ0n) is 19.7. The first-order valence-electron chi connectivity index (χ1n) is 12.0. The zero-order chi connectivity index (χ0) is 24.4. The van der Waals surface area contributed by atoms with Crippen molar-refractivity contribution in [1.82, 2.24) is 4.90 Å². The molecule has 182 valence electrons. The van der Waals surface area contributed by atoms with Gasteiger partial charge in [-0.05, 0) is 78.4 Å². The first-order valence-corrected chi connectivity index (χ1v) is 12.9. The van der Waals surface area contributed by atoms with Crippen LogP contribution in [0.25, 0.3) is 5.57 Å². The van der Waals surface area contributed by atoms with Crippen molar-refractivity contribution in [2.24, 2.45) is 0 Å². The molecular weight excluding hydrogens is 464 g/mol. The zero-order valence-corrected chi connectivity index (χ0v) is 20.5. The van der Waals surface area contributed by atoms with E-state index in [1.54, 1.807) is 30.0 Å². The van der Waals surface area contributed by atoms with Crippen LogP contribution in [0.3, 0.4) is 0 Å². The Morgan fingerprint density at radius 1 is 1.09 bits per heavy atom. The summed E-state index contributed by atoms with van der Waals surface area (Å²) in [6.07, 6.45) is 3.73. The van der Waals surface area contributed by atoms with Gasteiger partial charge in [-0.1, -0.05) is 30.3 Å². The molecule has 1 fully saturated rings. The van der Waals surface area contributed by atoms with Crippen molar-refractivity contribution in [3.05, 3.63) is 94.8 Å². The van der Waals surface area contributed by atoms with E-state index in [0.717, 1.165) is 59.0 Å². The summed E-state index contributed by atoms with van der Waals surface area (Å²) in [6, 6.07) is 18.7. The van der Waals surface area contributed by atoms with Gasteiger partial charge in [0, 0.05) is 30.1 Å². The molecular formula is C29H29F2NO2S. The highest BCUT2D eigenvalue weighted by Gasteiger charge is 2.26. The second kappa shape index (κ2) is 10.4. The first kappa shape index (κ1) is 23.9. The Hall–Kier alpha value is -2.83. The predicted molar refractivity (Wildman–Crippen MR) is 137 cm³/mol. The number of phenols is 1. The molecule has 3 aromatic carbocycles. The van der Waals surface area contributed by atoms with Gasteiger partial charge in [-0.25, -0.2) is 4.39 Å². The maximum Gasteiger partial charge on any atom is 0.128 e. The van der Waals surface area contributed by atoms with Gasteiger partial charge in [0.1, 0.15) is 23.4 Å². The fraction of sp³-hybridized carbons (Fsp3) is 0.310. The number of phenolic OH excluding ortho intramolecular Hbond substituents is 1. The number of halogens is 2. The minimum Gasteiger partial charge on any atom is -0.508 e. The topological polar surface area (TPSA) is 32.7 Å². The Morgan fingerprint density at radius 3 is 2.69 bits per heavy atom. The molecule has 6 heteroatoms. The van der Waals surface area contributed by atoms with Crippen LogP contribution >= 0.6 is 11.8 Å². The number of ether oxygens (including phenoxy) is 1. The molecule has 1 saturated heterocycles. The maximum absolute atomic E-state index is 14.8. The van der Waals surface area contributed by atoms with Crippen molar-refractivity contribution in [3.63, 3.8) is 0 Å². The third kappa shape index (κ3) is 5.39. The molecule has 0 bridgehead atoms. The number of rotatable bonds is 7. The van der Waals surface area contributed by atoms with Crippen LogP contribution in [-0.2, 0) is 0 Å². The van der Waals surface area contributed by atoms with Gasteiger partial charge in [0.2, 0.25) is 0 Å². The Labute approximate surface area is 209 Å². The van der Waals surface area contributed by atoms with Crippen molar-refractivity contribution in [2.45, 2.75) is 36.0 Å². The lowest BCUT2D eigenvalue weighted by atomic mass is 9.94. The van der Waals surface area contributed by atoms with Crippen molar-refractivity contribution in [2.75, 3.05) is 26.3 Å². The molecule has 1 N–H and O–H groups in total. The number of aromatic hydroxyl groups is 1. The van der Waals surface area contributed by atoms with Crippen molar-refractivity contribution in [3.8, 4) is 11.5 Å². The van der Waals surface area contributed by atoms with Crippen LogP contribution in [0.4, 0.5) is 8.78 Å². The quantitative estimate of drug-likeness (QED) is 0.387. The van der Waals surface area contributed by atoms with Crippen LogP contribution in [0.5, 0.6) is 11.5 Å². The van der Waals surface area contributed by atoms with Crippen LogP contribution in [0.15, 0.2) is 71.6 Å². The average Bonchev–Trinajstić information content (AvgIpc) is 3.29. The second-order valence-corrected chi connectivity index (χ2v) is 10.4. The average molecular weight is 494 g/mol. The van der Waals surface area contributed by atoms with Gasteiger partial charge in [0.15, 0.2) is 0 Å². The van der Waals surface area contributed by atoms with E-state index in [0.29, 0.717) is 12.0 Å². The van der Waals surface area contributed by atoms with Gasteiger partial charge < -0.3 is 9.84 Å². The largest absolute Gasteiger partial charge is 0.508 e. The van der Waals surface area contributed by atoms with Crippen LogP contribution in [0.2, 0.25) is 0 Å². The summed E-state index contributed by atoms with van der Waals surface area (Å²) < 4.78 is 33.5. The molecule has 0 amide bonds. The first-order chi connectivity index (χ1) is 17.0. The van der Waals surface area contributed by atoms with Gasteiger partial charge in [-0.3, -0.25) is 9.29 Å². The molecule has 5 rings (SSSR count). The summed E-state index contributed by atoms with van der Waals surface area (Å²) in [4.78, 5) is 3.17. The van der Waals surface area contributed by atoms with Gasteiger partial charge in [0.05, 0.1) is 11.9 Å². The molecule has 0 aliphatic carbocycles. The number of hydrogen-bond donors (Lipinski definition) is 1. The number of nitrogens with zero attached hydrogens (tertiary/aromatic N) is 1. The van der Waals surface area contributed by atoms with Gasteiger partial charge in [0.25, 0.3) is 0 Å². The molecule has 3 nitrogen and oxygen atoms in total. The van der Waals surface area contributed by atoms with Crippen molar-refractivity contribution >= 4 is 17.3 Å². The number of aryl methyl sites for hydroxylation is 1. The summed E-state index contributed by atoms with van der Waals surface area (Å²) in [5.74, 6) is 0.785. The van der Waals surface area contributed by atoms with Crippen LogP contribution in [-0.4, -0.2) is 42.4 Å². The summed E-state index contributed by atoms with van der Waals surface area (Å²) in [5, 5.41) is 9.88. The minimum absolute atomic E-state index is 0.114. The number of hydrogen-bond acceptors (Lipinski definition) is 4. The number of fused-ring (bicyclic) bond motifs is 1. The lowest BCUT2D eigenvalue weighted by Gasteiger charge is -2.25. The fourth-order valence-corrected chi connectivity index (χ4v) is 6.09. The molecule has 1 unspecified atom stereocenters. The van der Waals surface area contributed by atoms with E-state index in [1.807, 2.05) is 49.4 Å². The van der Waals surface area contributed by atoms with Gasteiger partial charge in [-0.15, -0.1) is 11.8 Å². The Bertz CT molecular complexity index is 1230. The smallest absolute Gasteiger partial charge is 0.128 e. The number of alkyl halides is 1. The van der Waals surface area contributed by atoms with Crippen LogP contribution in [0, 0.1) is 12.7 Å². The molecule has 2 aliphatic heterocycles. The van der Waals surface area contributed by atoms with E-state index >= 15 is 0 Å². The summed E-state index contributed by atoms with van der Waals surface area (Å²) in [5.41, 5.74) is 4.56. The lowest BCUT2D eigenvalue weighted by Crippen LogP contribution is -2.26. The Kier molecular flexibility index (Phi) is 7.12. The van der Waals surface area contributed by atoms with E-state index < -0.39 is 0 Å². The van der Waals surface area contributed by atoms with Gasteiger partial charge in [-0.2, -0.15) is 0 Å². The molecule has 0 spiro atoms. The van der Waals surface area contributed by atoms with E-state index in [9.17, 15) is 13.9 Å². The predicted octanol–water partition coefficient (Wildman–Crippen LogP) is 6.93.